The summed E-state index contributed by atoms with van der Waals surface area (Å²) in [5, 5.41) is 13.7. The van der Waals surface area contributed by atoms with Crippen LogP contribution in [0, 0.1) is 28.6 Å². The van der Waals surface area contributed by atoms with Gasteiger partial charge in [-0.15, -0.1) is 0 Å². The van der Waals surface area contributed by atoms with Gasteiger partial charge in [-0.2, -0.15) is 0 Å². The number of allylic oxidation sites excluding steroid dienone is 4. The van der Waals surface area contributed by atoms with E-state index >= 15 is 8.78 Å². The number of carbonyl (C=O) groups is 2. The maximum Gasteiger partial charge on any atom is 0.342 e. The molecule has 4 aliphatic carbocycles. The number of benzene rings is 1. The third kappa shape index (κ3) is 3.36. The van der Waals surface area contributed by atoms with Gasteiger partial charge in [-0.1, -0.05) is 24.6 Å². The number of carbonyl (C=O) groups excluding carboxylic acids is 2. The SMILES string of the molecule is C[C@]12C=CC(=O)C=C1[C@@H](F)C[C@H]1C3C[C@H]4CN(c5ccc(Cl)cc5)O[C@@]4(C(=O)OCCF)[C@@]3(C)C[C@H](O)[C@@]12F. The Kier molecular flexibility index (Phi) is 6.07. The lowest BCUT2D eigenvalue weighted by Gasteiger charge is -2.63. The van der Waals surface area contributed by atoms with Gasteiger partial charge < -0.3 is 9.84 Å². The van der Waals surface area contributed by atoms with Crippen LogP contribution < -0.4 is 5.06 Å². The van der Waals surface area contributed by atoms with Crippen molar-refractivity contribution in [2.75, 3.05) is 24.9 Å². The van der Waals surface area contributed by atoms with Gasteiger partial charge in [0, 0.05) is 27.7 Å². The molecule has 1 saturated heterocycles. The van der Waals surface area contributed by atoms with E-state index < -0.39 is 77.2 Å². The van der Waals surface area contributed by atoms with Crippen LogP contribution in [0.3, 0.4) is 0 Å². The van der Waals surface area contributed by atoms with Crippen molar-refractivity contribution in [3.8, 4) is 0 Å². The second kappa shape index (κ2) is 8.82. The number of aliphatic hydroxyl groups is 1. The molecule has 0 bridgehead atoms. The Morgan fingerprint density at radius 2 is 1.95 bits per heavy atom. The Morgan fingerprint density at radius 1 is 1.23 bits per heavy atom. The first-order valence-corrected chi connectivity index (χ1v) is 13.7. The summed E-state index contributed by atoms with van der Waals surface area (Å²) in [4.78, 5) is 32.3. The van der Waals surface area contributed by atoms with Crippen molar-refractivity contribution in [2.45, 2.75) is 56.7 Å². The van der Waals surface area contributed by atoms with Crippen LogP contribution in [-0.4, -0.2) is 60.2 Å². The van der Waals surface area contributed by atoms with Crippen molar-refractivity contribution in [1.29, 1.82) is 0 Å². The predicted molar refractivity (Wildman–Crippen MR) is 137 cm³/mol. The number of hydrogen-bond acceptors (Lipinski definition) is 6. The van der Waals surface area contributed by atoms with Crippen LogP contribution in [0.2, 0.25) is 5.02 Å². The van der Waals surface area contributed by atoms with Gasteiger partial charge >= 0.3 is 5.97 Å². The van der Waals surface area contributed by atoms with Crippen molar-refractivity contribution < 1.29 is 37.4 Å². The lowest BCUT2D eigenvalue weighted by Crippen LogP contribution is -2.70. The zero-order valence-electron chi connectivity index (χ0n) is 21.7. The molecule has 210 valence electrons. The minimum absolute atomic E-state index is 0.0387. The fraction of sp³-hybridized carbons (Fsp3) is 0.586. The monoisotopic (exact) mass is 565 g/mol. The van der Waals surface area contributed by atoms with E-state index in [1.165, 1.54) is 19.1 Å². The van der Waals surface area contributed by atoms with Gasteiger partial charge in [-0.05, 0) is 74.1 Å². The largest absolute Gasteiger partial charge is 0.461 e. The lowest BCUT2D eigenvalue weighted by molar-refractivity contribution is -0.235. The molecule has 1 unspecified atom stereocenters. The number of hydroxylamine groups is 1. The molecule has 10 heteroatoms. The fourth-order valence-corrected chi connectivity index (χ4v) is 8.71. The summed E-state index contributed by atoms with van der Waals surface area (Å²) < 4.78 is 51.6. The molecule has 9 atom stereocenters. The number of nitrogens with zero attached hydrogens (tertiary/aromatic N) is 1. The highest BCUT2D eigenvalue weighted by molar-refractivity contribution is 6.30. The van der Waals surface area contributed by atoms with E-state index in [9.17, 15) is 19.1 Å². The Bertz CT molecular complexity index is 1270. The molecule has 39 heavy (non-hydrogen) atoms. The molecule has 3 saturated carbocycles. The summed E-state index contributed by atoms with van der Waals surface area (Å²) in [5.41, 5.74) is -5.92. The summed E-state index contributed by atoms with van der Waals surface area (Å²) in [7, 11) is 0. The van der Waals surface area contributed by atoms with Crippen LogP contribution in [0.1, 0.15) is 33.1 Å². The van der Waals surface area contributed by atoms with E-state index in [0.717, 1.165) is 6.08 Å². The molecule has 4 fully saturated rings. The number of rotatable bonds is 4. The van der Waals surface area contributed by atoms with Crippen molar-refractivity contribution in [3.63, 3.8) is 0 Å². The second-order valence-electron chi connectivity index (χ2n) is 12.0. The number of anilines is 1. The summed E-state index contributed by atoms with van der Waals surface area (Å²) in [6.07, 6.45) is 0.492. The number of halogens is 4. The quantitative estimate of drug-likeness (QED) is 0.524. The van der Waals surface area contributed by atoms with Crippen molar-refractivity contribution in [3.05, 3.63) is 53.1 Å². The zero-order valence-corrected chi connectivity index (χ0v) is 22.5. The first-order valence-electron chi connectivity index (χ1n) is 13.3. The third-order valence-corrected chi connectivity index (χ3v) is 10.6. The third-order valence-electron chi connectivity index (χ3n) is 10.3. The topological polar surface area (TPSA) is 76.1 Å². The van der Waals surface area contributed by atoms with Crippen LogP contribution in [-0.2, 0) is 19.2 Å². The number of aliphatic hydroxyl groups excluding tert-OH is 1. The van der Waals surface area contributed by atoms with Gasteiger partial charge in [-0.3, -0.25) is 14.7 Å². The van der Waals surface area contributed by atoms with Gasteiger partial charge in [0.1, 0.15) is 19.5 Å². The van der Waals surface area contributed by atoms with Crippen molar-refractivity contribution >= 4 is 29.0 Å². The summed E-state index contributed by atoms with van der Waals surface area (Å²) in [5.74, 6) is -3.19. The van der Waals surface area contributed by atoms with E-state index in [4.69, 9.17) is 21.2 Å². The van der Waals surface area contributed by atoms with E-state index in [1.807, 2.05) is 0 Å². The second-order valence-corrected chi connectivity index (χ2v) is 12.4. The highest BCUT2D eigenvalue weighted by Crippen LogP contribution is 2.72. The molecule has 0 amide bonds. The summed E-state index contributed by atoms with van der Waals surface area (Å²) >= 11 is 6.05. The van der Waals surface area contributed by atoms with Gasteiger partial charge in [0.05, 0.1) is 18.3 Å². The molecule has 5 aliphatic rings. The maximum absolute atomic E-state index is 17.5. The maximum atomic E-state index is 17.5. The van der Waals surface area contributed by atoms with Crippen molar-refractivity contribution in [1.82, 2.24) is 0 Å². The molecule has 6 rings (SSSR count). The molecule has 0 spiro atoms. The molecular weight excluding hydrogens is 535 g/mol. The van der Waals surface area contributed by atoms with Gasteiger partial charge in [0.15, 0.2) is 11.5 Å². The highest BCUT2D eigenvalue weighted by Gasteiger charge is 2.80. The minimum Gasteiger partial charge on any atom is -0.461 e. The summed E-state index contributed by atoms with van der Waals surface area (Å²) in [6.45, 7) is 2.22. The van der Waals surface area contributed by atoms with Gasteiger partial charge in [0.25, 0.3) is 0 Å². The first-order chi connectivity index (χ1) is 18.4. The first kappa shape index (κ1) is 26.8. The average molecular weight is 566 g/mol. The fourth-order valence-electron chi connectivity index (χ4n) is 8.59. The van der Waals surface area contributed by atoms with Crippen molar-refractivity contribution in [2.24, 2.45) is 28.6 Å². The normalized spacial score (nSPS) is 44.3. The summed E-state index contributed by atoms with van der Waals surface area (Å²) in [6, 6.07) is 6.86. The van der Waals surface area contributed by atoms with E-state index in [-0.39, 0.29) is 25.0 Å². The van der Waals surface area contributed by atoms with E-state index in [0.29, 0.717) is 17.1 Å². The molecule has 1 aliphatic heterocycles. The van der Waals surface area contributed by atoms with Gasteiger partial charge in [0.2, 0.25) is 5.60 Å². The Morgan fingerprint density at radius 3 is 2.64 bits per heavy atom. The lowest BCUT2D eigenvalue weighted by atomic mass is 9.44. The predicted octanol–water partition coefficient (Wildman–Crippen LogP) is 4.89. The smallest absolute Gasteiger partial charge is 0.342 e. The highest BCUT2D eigenvalue weighted by atomic mass is 35.5. The molecule has 0 radical (unpaired) electrons. The molecule has 6 nitrogen and oxygen atoms in total. The van der Waals surface area contributed by atoms with E-state index in [2.05, 4.69) is 0 Å². The molecule has 1 N–H and O–H groups in total. The average Bonchev–Trinajstić information content (AvgIpc) is 3.39. The number of alkyl halides is 3. The Hall–Kier alpha value is -2.36. The van der Waals surface area contributed by atoms with Crippen LogP contribution in [0.15, 0.2) is 48.1 Å². The van der Waals surface area contributed by atoms with E-state index in [1.54, 1.807) is 36.3 Å². The zero-order chi connectivity index (χ0) is 28.0. The molecule has 0 aromatic heterocycles. The van der Waals surface area contributed by atoms with Crippen LogP contribution in [0.4, 0.5) is 18.9 Å². The number of fused-ring (bicyclic) bond motifs is 7. The standard InChI is InChI=1S/C29H31ClF3NO5/c1-26-8-7-19(35)12-22(26)23(32)13-21-20-11-16-15-34(18-5-3-17(30)4-6-18)39-29(16,25(37)38-10-9-31)27(20,2)14-24(36)28(21,26)33/h3-8,12,16,20-21,23-24,36H,9-11,13-15H2,1-2H3/t16-,20?,21-,23-,24-,26-,27-,28-,29-/m0/s1. The van der Waals surface area contributed by atoms with Gasteiger partial charge in [-0.25, -0.2) is 18.0 Å². The number of esters is 1. The molecule has 1 aromatic rings. The Balaban J connectivity index is 1.44. The molecular formula is C29H31ClF3NO5. The molecule has 1 aromatic carbocycles. The van der Waals surface area contributed by atoms with Crippen LogP contribution >= 0.6 is 11.6 Å². The number of ketones is 1. The van der Waals surface area contributed by atoms with Crippen LogP contribution in [0.25, 0.3) is 0 Å². The number of ether oxygens (including phenoxy) is 1. The minimum atomic E-state index is -2.28. The molecule has 1 heterocycles. The van der Waals surface area contributed by atoms with Crippen LogP contribution in [0.5, 0.6) is 0 Å². The Labute approximate surface area is 229 Å². The number of hydrogen-bond donors (Lipinski definition) is 1.